The molecule has 5 nitrogen and oxygen atoms in total. The molecule has 20 heavy (non-hydrogen) atoms. The van der Waals surface area contributed by atoms with Crippen molar-refractivity contribution in [1.29, 1.82) is 0 Å². The van der Waals surface area contributed by atoms with Crippen molar-refractivity contribution < 1.29 is 13.7 Å². The fourth-order valence-corrected chi connectivity index (χ4v) is 2.61. The maximum Gasteiger partial charge on any atom is 0.258 e. The van der Waals surface area contributed by atoms with Crippen LogP contribution >= 0.6 is 12.2 Å². The number of amides is 1. The Morgan fingerprint density at radius 2 is 2.15 bits per heavy atom. The van der Waals surface area contributed by atoms with Crippen molar-refractivity contribution in [2.24, 2.45) is 5.73 Å². The number of nitrogens with one attached hydrogen (secondary N) is 1. The molecule has 0 heterocycles. The highest BCUT2D eigenvalue weighted by Crippen LogP contribution is 2.17. The van der Waals surface area contributed by atoms with Gasteiger partial charge in [0.15, 0.2) is 6.61 Å². The van der Waals surface area contributed by atoms with E-state index in [0.717, 1.165) is 0 Å². The summed E-state index contributed by atoms with van der Waals surface area (Å²) >= 11 is 4.91. The predicted octanol–water partition coefficient (Wildman–Crippen LogP) is 0.583. The topological polar surface area (TPSA) is 81.4 Å². The number of rotatable bonds is 7. The van der Waals surface area contributed by atoms with Crippen LogP contribution in [0.25, 0.3) is 0 Å². The van der Waals surface area contributed by atoms with E-state index >= 15 is 0 Å². The summed E-state index contributed by atoms with van der Waals surface area (Å²) in [5.74, 6) is 0.609. The van der Waals surface area contributed by atoms with Crippen molar-refractivity contribution in [1.82, 2.24) is 5.32 Å². The number of benzene rings is 1. The van der Waals surface area contributed by atoms with Crippen molar-refractivity contribution in [3.63, 3.8) is 0 Å². The third kappa shape index (κ3) is 5.66. The SMILES string of the molecule is CC(CS(C)=O)NC(=O)COc1ccccc1C(N)=S. The van der Waals surface area contributed by atoms with E-state index in [9.17, 15) is 9.00 Å². The Bertz CT molecular complexity index is 520. The molecule has 0 saturated carbocycles. The first-order valence-corrected chi connectivity index (χ1v) is 8.14. The largest absolute Gasteiger partial charge is 0.483 e. The summed E-state index contributed by atoms with van der Waals surface area (Å²) in [6.45, 7) is 1.66. The van der Waals surface area contributed by atoms with E-state index in [1.165, 1.54) is 0 Å². The van der Waals surface area contributed by atoms with Crippen LogP contribution in [0, 0.1) is 0 Å². The first-order chi connectivity index (χ1) is 9.40. The third-order valence-electron chi connectivity index (χ3n) is 2.40. The molecule has 0 spiro atoms. The fourth-order valence-electron chi connectivity index (χ4n) is 1.65. The summed E-state index contributed by atoms with van der Waals surface area (Å²) in [7, 11) is -0.951. The van der Waals surface area contributed by atoms with E-state index in [4.69, 9.17) is 22.7 Å². The first-order valence-electron chi connectivity index (χ1n) is 6.01. The lowest BCUT2D eigenvalue weighted by Gasteiger charge is -2.14. The Labute approximate surface area is 126 Å². The molecule has 0 radical (unpaired) electrons. The lowest BCUT2D eigenvalue weighted by atomic mass is 10.2. The molecule has 1 amide bonds. The van der Waals surface area contributed by atoms with Gasteiger partial charge in [-0.3, -0.25) is 9.00 Å². The van der Waals surface area contributed by atoms with Gasteiger partial charge in [-0.25, -0.2) is 0 Å². The number of hydrogen-bond donors (Lipinski definition) is 2. The fraction of sp³-hybridized carbons (Fsp3) is 0.385. The average Bonchev–Trinajstić information content (AvgIpc) is 2.35. The zero-order valence-corrected chi connectivity index (χ0v) is 13.1. The molecule has 0 bridgehead atoms. The van der Waals surface area contributed by atoms with Crippen LogP contribution in [0.3, 0.4) is 0 Å². The standard InChI is InChI=1S/C13H18N2O3S2/c1-9(8-20(2)17)15-12(16)7-18-11-6-4-3-5-10(11)13(14)19/h3-6,9H,7-8H2,1-2H3,(H2,14,19)(H,15,16). The second kappa shape index (κ2) is 7.96. The van der Waals surface area contributed by atoms with Gasteiger partial charge in [0.1, 0.15) is 10.7 Å². The maximum absolute atomic E-state index is 11.7. The van der Waals surface area contributed by atoms with Gasteiger partial charge in [-0.15, -0.1) is 0 Å². The Balaban J connectivity index is 2.53. The van der Waals surface area contributed by atoms with E-state index in [1.807, 2.05) is 0 Å². The van der Waals surface area contributed by atoms with Crippen molar-refractivity contribution in [2.75, 3.05) is 18.6 Å². The van der Waals surface area contributed by atoms with E-state index < -0.39 is 10.8 Å². The molecule has 110 valence electrons. The van der Waals surface area contributed by atoms with Gasteiger partial charge in [0.2, 0.25) is 0 Å². The van der Waals surface area contributed by atoms with Crippen LogP contribution in [0.4, 0.5) is 0 Å². The number of para-hydroxylation sites is 1. The molecular weight excluding hydrogens is 296 g/mol. The van der Waals surface area contributed by atoms with E-state index in [2.05, 4.69) is 5.32 Å². The van der Waals surface area contributed by atoms with Crippen molar-refractivity contribution >= 4 is 33.9 Å². The molecule has 0 saturated heterocycles. The van der Waals surface area contributed by atoms with E-state index in [1.54, 1.807) is 37.4 Å². The van der Waals surface area contributed by atoms with Gasteiger partial charge < -0.3 is 15.8 Å². The highest BCUT2D eigenvalue weighted by molar-refractivity contribution is 7.84. The van der Waals surface area contributed by atoms with Gasteiger partial charge in [0.05, 0.1) is 5.56 Å². The van der Waals surface area contributed by atoms with Crippen LogP contribution < -0.4 is 15.8 Å². The van der Waals surface area contributed by atoms with Gasteiger partial charge in [0, 0.05) is 28.9 Å². The average molecular weight is 314 g/mol. The molecule has 0 aliphatic heterocycles. The quantitative estimate of drug-likeness (QED) is 0.720. The minimum Gasteiger partial charge on any atom is -0.483 e. The zero-order chi connectivity index (χ0) is 15.1. The van der Waals surface area contributed by atoms with Crippen molar-refractivity contribution in [3.05, 3.63) is 29.8 Å². The van der Waals surface area contributed by atoms with Crippen LogP contribution in [0.1, 0.15) is 12.5 Å². The Kier molecular flexibility index (Phi) is 6.60. The second-order valence-corrected chi connectivity index (χ2v) is 6.28. The van der Waals surface area contributed by atoms with E-state index in [0.29, 0.717) is 17.1 Å². The number of carbonyl (C=O) groups excluding carboxylic acids is 1. The summed E-state index contributed by atoms with van der Waals surface area (Å²) < 4.78 is 16.4. The van der Waals surface area contributed by atoms with Crippen molar-refractivity contribution in [3.8, 4) is 5.75 Å². The third-order valence-corrected chi connectivity index (χ3v) is 3.59. The molecule has 1 aromatic carbocycles. The second-order valence-electron chi connectivity index (χ2n) is 4.36. The van der Waals surface area contributed by atoms with Crippen LogP contribution in [0.2, 0.25) is 0 Å². The summed E-state index contributed by atoms with van der Waals surface area (Å²) in [6.07, 6.45) is 1.59. The van der Waals surface area contributed by atoms with Crippen LogP contribution in [0.5, 0.6) is 5.75 Å². The van der Waals surface area contributed by atoms with Gasteiger partial charge in [-0.1, -0.05) is 24.4 Å². The van der Waals surface area contributed by atoms with Crippen LogP contribution in [0.15, 0.2) is 24.3 Å². The Hall–Kier alpha value is -1.47. The molecule has 0 aliphatic rings. The molecule has 2 atom stereocenters. The number of nitrogens with two attached hydrogens (primary N) is 1. The molecule has 1 aromatic rings. The minimum absolute atomic E-state index is 0.139. The minimum atomic E-state index is -0.951. The first kappa shape index (κ1) is 16.6. The summed E-state index contributed by atoms with van der Waals surface area (Å²) in [5.41, 5.74) is 6.17. The van der Waals surface area contributed by atoms with Gasteiger partial charge >= 0.3 is 0 Å². The summed E-state index contributed by atoms with van der Waals surface area (Å²) in [6, 6.07) is 6.84. The molecular formula is C13H18N2O3S2. The molecule has 3 N–H and O–H groups in total. The maximum atomic E-state index is 11.7. The summed E-state index contributed by atoms with van der Waals surface area (Å²) in [5, 5.41) is 2.71. The monoisotopic (exact) mass is 314 g/mol. The van der Waals surface area contributed by atoms with Crippen LogP contribution in [-0.4, -0.2) is 39.8 Å². The molecule has 2 unspecified atom stereocenters. The summed E-state index contributed by atoms with van der Waals surface area (Å²) in [4.78, 5) is 11.9. The Morgan fingerprint density at radius 1 is 1.50 bits per heavy atom. The predicted molar refractivity (Wildman–Crippen MR) is 84.4 cm³/mol. The molecule has 1 rings (SSSR count). The normalized spacial score (nSPS) is 13.3. The molecule has 7 heteroatoms. The number of hydrogen-bond acceptors (Lipinski definition) is 4. The van der Waals surface area contributed by atoms with Gasteiger partial charge in [0.25, 0.3) is 5.91 Å². The number of thiocarbonyl (C=S) groups is 1. The molecule has 0 fully saturated rings. The van der Waals surface area contributed by atoms with Gasteiger partial charge in [-0.05, 0) is 19.1 Å². The smallest absolute Gasteiger partial charge is 0.258 e. The zero-order valence-electron chi connectivity index (χ0n) is 11.4. The lowest BCUT2D eigenvalue weighted by Crippen LogP contribution is -2.39. The highest BCUT2D eigenvalue weighted by atomic mass is 32.2. The van der Waals surface area contributed by atoms with Crippen molar-refractivity contribution in [2.45, 2.75) is 13.0 Å². The molecule has 0 aliphatic carbocycles. The molecule has 0 aromatic heterocycles. The Morgan fingerprint density at radius 3 is 2.75 bits per heavy atom. The number of ether oxygens (including phenoxy) is 1. The van der Waals surface area contributed by atoms with E-state index in [-0.39, 0.29) is 23.5 Å². The highest BCUT2D eigenvalue weighted by Gasteiger charge is 2.11. The number of carbonyl (C=O) groups is 1. The van der Waals surface area contributed by atoms with Crippen LogP contribution in [-0.2, 0) is 15.6 Å². The van der Waals surface area contributed by atoms with Gasteiger partial charge in [-0.2, -0.15) is 0 Å². The lowest BCUT2D eigenvalue weighted by molar-refractivity contribution is -0.123.